The minimum absolute atomic E-state index is 0.284. The van der Waals surface area contributed by atoms with E-state index in [1.165, 1.54) is 19.2 Å². The Hall–Kier alpha value is -1.62. The summed E-state index contributed by atoms with van der Waals surface area (Å²) in [6.07, 6.45) is 0.660. The smallest absolute Gasteiger partial charge is 0.332 e. The van der Waals surface area contributed by atoms with Crippen LogP contribution >= 0.6 is 0 Å². The Bertz CT molecular complexity index is 451. The van der Waals surface area contributed by atoms with E-state index in [0.717, 1.165) is 0 Å². The average molecular weight is 266 g/mol. The van der Waals surface area contributed by atoms with Crippen LogP contribution in [0.4, 0.5) is 10.1 Å². The molecular weight excluding hydrogens is 247 g/mol. The zero-order valence-corrected chi connectivity index (χ0v) is 11.4. The Labute approximate surface area is 112 Å². The molecule has 1 N–H and O–H groups in total. The van der Waals surface area contributed by atoms with E-state index in [0.29, 0.717) is 18.7 Å². The molecule has 104 valence electrons. The first kappa shape index (κ1) is 13.8. The third kappa shape index (κ3) is 2.71. The number of rotatable bonds is 3. The van der Waals surface area contributed by atoms with Crippen LogP contribution in [-0.2, 0) is 9.53 Å². The van der Waals surface area contributed by atoms with Gasteiger partial charge in [-0.3, -0.25) is 0 Å². The normalized spacial score (nSPS) is 27.3. The minimum atomic E-state index is -0.763. The molecule has 0 aliphatic carbocycles. The number of likely N-dealkylation sites (N-methyl/N-ethyl adjacent to an activating group) is 1. The summed E-state index contributed by atoms with van der Waals surface area (Å²) >= 11 is 0. The SMILES string of the molecule is COC(=O)C1(Nc2ccc(F)cc2)CC(C)N(C)C1. The molecule has 19 heavy (non-hydrogen) atoms. The number of carbonyl (C=O) groups excluding carboxylic acids is 1. The van der Waals surface area contributed by atoms with Gasteiger partial charge in [0.25, 0.3) is 0 Å². The fourth-order valence-corrected chi connectivity index (χ4v) is 2.60. The fourth-order valence-electron chi connectivity index (χ4n) is 2.60. The number of carbonyl (C=O) groups is 1. The van der Waals surface area contributed by atoms with E-state index in [9.17, 15) is 9.18 Å². The van der Waals surface area contributed by atoms with E-state index in [1.807, 2.05) is 7.05 Å². The van der Waals surface area contributed by atoms with Gasteiger partial charge in [-0.25, -0.2) is 9.18 Å². The summed E-state index contributed by atoms with van der Waals surface area (Å²) in [4.78, 5) is 14.2. The molecule has 0 spiro atoms. The van der Waals surface area contributed by atoms with Crippen molar-refractivity contribution in [2.45, 2.75) is 24.9 Å². The van der Waals surface area contributed by atoms with E-state index in [-0.39, 0.29) is 17.8 Å². The van der Waals surface area contributed by atoms with Crippen molar-refractivity contribution in [3.05, 3.63) is 30.1 Å². The highest BCUT2D eigenvalue weighted by atomic mass is 19.1. The monoisotopic (exact) mass is 266 g/mol. The van der Waals surface area contributed by atoms with Gasteiger partial charge < -0.3 is 15.0 Å². The van der Waals surface area contributed by atoms with Gasteiger partial charge in [0.2, 0.25) is 0 Å². The number of benzene rings is 1. The third-order valence-corrected chi connectivity index (χ3v) is 3.72. The lowest BCUT2D eigenvalue weighted by Gasteiger charge is -2.28. The van der Waals surface area contributed by atoms with Gasteiger partial charge >= 0.3 is 5.97 Å². The first-order valence-corrected chi connectivity index (χ1v) is 6.29. The second-order valence-corrected chi connectivity index (χ2v) is 5.17. The largest absolute Gasteiger partial charge is 0.467 e. The van der Waals surface area contributed by atoms with Gasteiger partial charge in [-0.2, -0.15) is 0 Å². The number of hydrogen-bond acceptors (Lipinski definition) is 4. The Morgan fingerprint density at radius 2 is 2.11 bits per heavy atom. The molecule has 0 amide bonds. The van der Waals surface area contributed by atoms with Crippen molar-refractivity contribution in [1.82, 2.24) is 4.90 Å². The molecule has 0 saturated carbocycles. The van der Waals surface area contributed by atoms with E-state index < -0.39 is 5.54 Å². The van der Waals surface area contributed by atoms with Crippen LogP contribution < -0.4 is 5.32 Å². The van der Waals surface area contributed by atoms with Crippen LogP contribution in [0.5, 0.6) is 0 Å². The Balaban J connectivity index is 2.24. The second-order valence-electron chi connectivity index (χ2n) is 5.17. The molecule has 5 heteroatoms. The maximum Gasteiger partial charge on any atom is 0.332 e. The zero-order chi connectivity index (χ0) is 14.0. The van der Waals surface area contributed by atoms with Crippen molar-refractivity contribution < 1.29 is 13.9 Å². The third-order valence-electron chi connectivity index (χ3n) is 3.72. The number of ether oxygens (including phenoxy) is 1. The summed E-state index contributed by atoms with van der Waals surface area (Å²) in [5.74, 6) is -0.581. The number of methoxy groups -OCH3 is 1. The first-order chi connectivity index (χ1) is 8.97. The lowest BCUT2D eigenvalue weighted by molar-refractivity contribution is -0.145. The van der Waals surface area contributed by atoms with Gasteiger partial charge in [0.1, 0.15) is 11.4 Å². The molecule has 0 radical (unpaired) electrons. The highest BCUT2D eigenvalue weighted by Gasteiger charge is 2.47. The van der Waals surface area contributed by atoms with Gasteiger partial charge in [0.05, 0.1) is 7.11 Å². The van der Waals surface area contributed by atoms with Crippen molar-refractivity contribution in [2.75, 3.05) is 26.0 Å². The quantitative estimate of drug-likeness (QED) is 0.848. The van der Waals surface area contributed by atoms with E-state index in [1.54, 1.807) is 12.1 Å². The highest BCUT2D eigenvalue weighted by molar-refractivity contribution is 5.85. The molecule has 1 aromatic carbocycles. The summed E-state index contributed by atoms with van der Waals surface area (Å²) < 4.78 is 17.8. The number of likely N-dealkylation sites (tertiary alicyclic amines) is 1. The number of nitrogens with zero attached hydrogens (tertiary/aromatic N) is 1. The fraction of sp³-hybridized carbons (Fsp3) is 0.500. The molecule has 1 heterocycles. The molecule has 0 aromatic heterocycles. The number of esters is 1. The van der Waals surface area contributed by atoms with Gasteiger partial charge in [-0.15, -0.1) is 0 Å². The minimum Gasteiger partial charge on any atom is -0.467 e. The summed E-state index contributed by atoms with van der Waals surface area (Å²) in [7, 11) is 3.36. The number of halogens is 1. The van der Waals surface area contributed by atoms with Crippen LogP contribution in [0.2, 0.25) is 0 Å². The van der Waals surface area contributed by atoms with Crippen LogP contribution in [0.25, 0.3) is 0 Å². The first-order valence-electron chi connectivity index (χ1n) is 6.29. The van der Waals surface area contributed by atoms with Gasteiger partial charge in [0, 0.05) is 18.3 Å². The van der Waals surface area contributed by atoms with E-state index in [2.05, 4.69) is 17.1 Å². The topological polar surface area (TPSA) is 41.6 Å². The maximum absolute atomic E-state index is 12.9. The molecule has 2 unspecified atom stereocenters. The molecule has 2 atom stereocenters. The van der Waals surface area contributed by atoms with Crippen molar-refractivity contribution in [1.29, 1.82) is 0 Å². The summed E-state index contributed by atoms with van der Waals surface area (Å²) in [6.45, 7) is 2.63. The molecule has 1 fully saturated rings. The lowest BCUT2D eigenvalue weighted by atomic mass is 9.95. The summed E-state index contributed by atoms with van der Waals surface area (Å²) in [5, 5.41) is 3.21. The molecule has 4 nitrogen and oxygen atoms in total. The molecule has 0 bridgehead atoms. The predicted octanol–water partition coefficient (Wildman–Crippen LogP) is 1.87. The summed E-state index contributed by atoms with van der Waals surface area (Å²) in [5.41, 5.74) is -0.0462. The average Bonchev–Trinajstić information content (AvgIpc) is 2.68. The predicted molar refractivity (Wildman–Crippen MR) is 71.5 cm³/mol. The standard InChI is InChI=1S/C14H19FN2O2/c1-10-8-14(9-17(10)2,13(18)19-3)16-12-6-4-11(15)5-7-12/h4-7,10,16H,8-9H2,1-3H3. The molecule has 1 aliphatic rings. The van der Waals surface area contributed by atoms with E-state index in [4.69, 9.17) is 4.74 Å². The van der Waals surface area contributed by atoms with Crippen molar-refractivity contribution in [3.8, 4) is 0 Å². The lowest BCUT2D eigenvalue weighted by Crippen LogP contribution is -2.49. The molecule has 2 rings (SSSR count). The molecule has 1 aromatic rings. The zero-order valence-electron chi connectivity index (χ0n) is 11.4. The van der Waals surface area contributed by atoms with Crippen molar-refractivity contribution >= 4 is 11.7 Å². The number of hydrogen-bond donors (Lipinski definition) is 1. The Morgan fingerprint density at radius 1 is 1.47 bits per heavy atom. The molecule has 1 aliphatic heterocycles. The van der Waals surface area contributed by atoms with Gasteiger partial charge in [-0.05, 0) is 44.7 Å². The molecule has 1 saturated heterocycles. The summed E-state index contributed by atoms with van der Waals surface area (Å²) in [6, 6.07) is 6.28. The second kappa shape index (κ2) is 5.17. The number of nitrogens with one attached hydrogen (secondary N) is 1. The molecular formula is C14H19FN2O2. The van der Waals surface area contributed by atoms with Crippen LogP contribution in [0, 0.1) is 5.82 Å². The highest BCUT2D eigenvalue weighted by Crippen LogP contribution is 2.30. The van der Waals surface area contributed by atoms with Gasteiger partial charge in [0.15, 0.2) is 0 Å². The van der Waals surface area contributed by atoms with E-state index >= 15 is 0 Å². The van der Waals surface area contributed by atoms with Crippen molar-refractivity contribution in [2.24, 2.45) is 0 Å². The van der Waals surface area contributed by atoms with Crippen molar-refractivity contribution in [3.63, 3.8) is 0 Å². The van der Waals surface area contributed by atoms with Gasteiger partial charge in [-0.1, -0.05) is 0 Å². The Morgan fingerprint density at radius 3 is 2.58 bits per heavy atom. The van der Waals surface area contributed by atoms with Crippen LogP contribution in [0.15, 0.2) is 24.3 Å². The maximum atomic E-state index is 12.9. The Kier molecular flexibility index (Phi) is 3.75. The van der Waals surface area contributed by atoms with Crippen LogP contribution in [-0.4, -0.2) is 43.2 Å². The number of anilines is 1. The van der Waals surface area contributed by atoms with Crippen LogP contribution in [0.1, 0.15) is 13.3 Å². The van der Waals surface area contributed by atoms with Crippen LogP contribution in [0.3, 0.4) is 0 Å².